The van der Waals surface area contributed by atoms with E-state index in [4.69, 9.17) is 4.74 Å². The number of methoxy groups -OCH3 is 1. The smallest absolute Gasteiger partial charge is 0.263 e. The number of nitrogens with zero attached hydrogens (tertiary/aromatic N) is 2. The Hall–Kier alpha value is -2.61. The van der Waals surface area contributed by atoms with E-state index >= 15 is 0 Å². The molecule has 2 heterocycles. The Balaban J connectivity index is 1.71. The zero-order valence-corrected chi connectivity index (χ0v) is 16.1. The first-order valence-electron chi connectivity index (χ1n) is 8.67. The lowest BCUT2D eigenvalue weighted by atomic mass is 10.1. The fraction of sp³-hybridized carbons (Fsp3) is 0.368. The summed E-state index contributed by atoms with van der Waals surface area (Å²) in [7, 11) is -0.361. The second kappa shape index (κ2) is 7.56. The highest BCUT2D eigenvalue weighted by Gasteiger charge is 2.33. The molecular formula is C19H22N2O5S. The number of carbonyl (C=O) groups excluding carboxylic acids is 1. The number of amides is 1. The molecule has 0 saturated carbocycles. The molecule has 0 bridgehead atoms. The molecule has 1 fully saturated rings. The summed E-state index contributed by atoms with van der Waals surface area (Å²) in [5.74, 6) is 0.246. The summed E-state index contributed by atoms with van der Waals surface area (Å²) in [5, 5.41) is -0.548. The Kier molecular flexibility index (Phi) is 5.36. The van der Waals surface area contributed by atoms with Gasteiger partial charge in [-0.25, -0.2) is 8.42 Å². The number of sulfone groups is 1. The number of ether oxygens (including phenoxy) is 1. The average molecular weight is 390 g/mol. The van der Waals surface area contributed by atoms with Crippen LogP contribution >= 0.6 is 0 Å². The Labute approximate surface area is 158 Å². The number of rotatable bonds is 4. The molecule has 1 aliphatic heterocycles. The van der Waals surface area contributed by atoms with Gasteiger partial charge in [-0.1, -0.05) is 0 Å². The predicted molar refractivity (Wildman–Crippen MR) is 101 cm³/mol. The summed E-state index contributed by atoms with van der Waals surface area (Å²) < 4.78 is 32.1. The second-order valence-electron chi connectivity index (χ2n) is 6.55. The van der Waals surface area contributed by atoms with Crippen molar-refractivity contribution in [2.45, 2.75) is 23.0 Å². The van der Waals surface area contributed by atoms with Gasteiger partial charge >= 0.3 is 0 Å². The third-order valence-corrected chi connectivity index (χ3v) is 7.19. The van der Waals surface area contributed by atoms with Gasteiger partial charge in [0.1, 0.15) is 11.3 Å². The minimum absolute atomic E-state index is 0.108. The molecule has 0 unspecified atom stereocenters. The molecule has 1 saturated heterocycles. The number of likely N-dealkylation sites (tertiary alicyclic amines) is 1. The van der Waals surface area contributed by atoms with Gasteiger partial charge in [0.05, 0.1) is 17.3 Å². The van der Waals surface area contributed by atoms with Crippen molar-refractivity contribution >= 4 is 15.7 Å². The predicted octanol–water partition coefficient (Wildman–Crippen LogP) is 1.47. The molecule has 0 aliphatic carbocycles. The highest BCUT2D eigenvalue weighted by Crippen LogP contribution is 2.26. The molecule has 0 spiro atoms. The van der Waals surface area contributed by atoms with E-state index < -0.39 is 15.1 Å². The number of aromatic nitrogens is 1. The maximum atomic E-state index is 12.8. The second-order valence-corrected chi connectivity index (χ2v) is 8.78. The van der Waals surface area contributed by atoms with E-state index in [2.05, 4.69) is 0 Å². The van der Waals surface area contributed by atoms with E-state index in [0.29, 0.717) is 31.7 Å². The summed E-state index contributed by atoms with van der Waals surface area (Å²) in [4.78, 5) is 26.5. The van der Waals surface area contributed by atoms with E-state index in [1.807, 2.05) is 0 Å². The average Bonchev–Trinajstić information content (AvgIpc) is 2.69. The lowest BCUT2D eigenvalue weighted by molar-refractivity contribution is 0.0723. The monoisotopic (exact) mass is 390 g/mol. The van der Waals surface area contributed by atoms with Crippen LogP contribution in [-0.2, 0) is 16.9 Å². The van der Waals surface area contributed by atoms with Crippen LogP contribution in [0.5, 0.6) is 5.75 Å². The van der Waals surface area contributed by atoms with E-state index in [-0.39, 0.29) is 21.9 Å². The van der Waals surface area contributed by atoms with Crippen molar-refractivity contribution in [3.05, 3.63) is 58.5 Å². The molecule has 144 valence electrons. The summed E-state index contributed by atoms with van der Waals surface area (Å²) in [6.45, 7) is 0.605. The summed E-state index contributed by atoms with van der Waals surface area (Å²) in [6.07, 6.45) is 2.27. The summed E-state index contributed by atoms with van der Waals surface area (Å²) in [5.41, 5.74) is -0.244. The van der Waals surface area contributed by atoms with Crippen LogP contribution in [0.15, 0.2) is 52.3 Å². The molecule has 3 rings (SSSR count). The van der Waals surface area contributed by atoms with Gasteiger partial charge in [-0.15, -0.1) is 0 Å². The number of hydrogen-bond acceptors (Lipinski definition) is 5. The standard InChI is InChI=1S/C19H22N2O5S/c1-20-11-3-4-17(18(20)22)19(23)21-12-9-16(10-13-21)27(24,25)15-7-5-14(26-2)6-8-15/h3-8,11,16H,9-10,12-13H2,1-2H3. The third-order valence-electron chi connectivity index (χ3n) is 4.91. The first-order chi connectivity index (χ1) is 12.8. The van der Waals surface area contributed by atoms with Crippen LogP contribution in [0.1, 0.15) is 23.2 Å². The molecule has 1 aromatic heterocycles. The quantitative estimate of drug-likeness (QED) is 0.789. The van der Waals surface area contributed by atoms with Gasteiger partial charge in [0.2, 0.25) is 0 Å². The van der Waals surface area contributed by atoms with Crippen LogP contribution in [0.2, 0.25) is 0 Å². The van der Waals surface area contributed by atoms with Crippen molar-refractivity contribution in [3.63, 3.8) is 0 Å². The zero-order valence-electron chi connectivity index (χ0n) is 15.3. The van der Waals surface area contributed by atoms with Crippen molar-refractivity contribution < 1.29 is 17.9 Å². The van der Waals surface area contributed by atoms with Crippen LogP contribution in [0, 0.1) is 0 Å². The van der Waals surface area contributed by atoms with E-state index in [1.54, 1.807) is 48.5 Å². The summed E-state index contributed by atoms with van der Waals surface area (Å²) >= 11 is 0. The van der Waals surface area contributed by atoms with Crippen molar-refractivity contribution in [2.24, 2.45) is 7.05 Å². The van der Waals surface area contributed by atoms with Gasteiger partial charge in [-0.3, -0.25) is 9.59 Å². The largest absolute Gasteiger partial charge is 0.497 e. The molecule has 1 amide bonds. The zero-order chi connectivity index (χ0) is 19.6. The fourth-order valence-corrected chi connectivity index (χ4v) is 4.99. The van der Waals surface area contributed by atoms with Gasteiger partial charge < -0.3 is 14.2 Å². The van der Waals surface area contributed by atoms with Crippen molar-refractivity contribution in [1.29, 1.82) is 0 Å². The van der Waals surface area contributed by atoms with Crippen LogP contribution in [-0.4, -0.2) is 49.2 Å². The van der Waals surface area contributed by atoms with E-state index in [0.717, 1.165) is 0 Å². The van der Waals surface area contributed by atoms with Gasteiger partial charge in [0.25, 0.3) is 11.5 Å². The number of aryl methyl sites for hydroxylation is 1. The molecule has 0 N–H and O–H groups in total. The van der Waals surface area contributed by atoms with Gasteiger partial charge in [0.15, 0.2) is 9.84 Å². The minimum atomic E-state index is -3.48. The lowest BCUT2D eigenvalue weighted by Gasteiger charge is -2.31. The third kappa shape index (κ3) is 3.75. The van der Waals surface area contributed by atoms with Crippen molar-refractivity contribution in [3.8, 4) is 5.75 Å². The number of hydrogen-bond donors (Lipinski definition) is 0. The van der Waals surface area contributed by atoms with Crippen LogP contribution in [0.25, 0.3) is 0 Å². The molecule has 0 atom stereocenters. The Morgan fingerprint density at radius 1 is 1.11 bits per heavy atom. The lowest BCUT2D eigenvalue weighted by Crippen LogP contribution is -2.44. The number of benzene rings is 1. The molecule has 1 aromatic carbocycles. The topological polar surface area (TPSA) is 85.7 Å². The Bertz CT molecular complexity index is 988. The first-order valence-corrected chi connectivity index (χ1v) is 10.2. The number of carbonyl (C=O) groups is 1. The van der Waals surface area contributed by atoms with E-state index in [1.165, 1.54) is 17.7 Å². The molecule has 8 heteroatoms. The van der Waals surface area contributed by atoms with Crippen LogP contribution < -0.4 is 10.3 Å². The van der Waals surface area contributed by atoms with Crippen LogP contribution in [0.4, 0.5) is 0 Å². The number of piperidine rings is 1. The highest BCUT2D eigenvalue weighted by atomic mass is 32.2. The SMILES string of the molecule is COc1ccc(S(=O)(=O)C2CCN(C(=O)c3cccn(C)c3=O)CC2)cc1. The Morgan fingerprint density at radius 2 is 1.74 bits per heavy atom. The van der Waals surface area contributed by atoms with Gasteiger partial charge in [0, 0.05) is 26.3 Å². The molecular weight excluding hydrogens is 368 g/mol. The van der Waals surface area contributed by atoms with Crippen molar-refractivity contribution in [1.82, 2.24) is 9.47 Å². The normalized spacial score (nSPS) is 15.6. The summed E-state index contributed by atoms with van der Waals surface area (Å²) in [6, 6.07) is 9.48. The molecule has 7 nitrogen and oxygen atoms in total. The maximum absolute atomic E-state index is 12.8. The minimum Gasteiger partial charge on any atom is -0.497 e. The van der Waals surface area contributed by atoms with Gasteiger partial charge in [-0.05, 0) is 49.2 Å². The van der Waals surface area contributed by atoms with E-state index in [9.17, 15) is 18.0 Å². The molecule has 27 heavy (non-hydrogen) atoms. The van der Waals surface area contributed by atoms with Gasteiger partial charge in [-0.2, -0.15) is 0 Å². The molecule has 1 aliphatic rings. The maximum Gasteiger partial charge on any atom is 0.263 e. The first kappa shape index (κ1) is 19.2. The fourth-order valence-electron chi connectivity index (χ4n) is 3.26. The van der Waals surface area contributed by atoms with Crippen LogP contribution in [0.3, 0.4) is 0 Å². The van der Waals surface area contributed by atoms with Crippen molar-refractivity contribution in [2.75, 3.05) is 20.2 Å². The Morgan fingerprint density at radius 3 is 2.33 bits per heavy atom. The highest BCUT2D eigenvalue weighted by molar-refractivity contribution is 7.92. The molecule has 2 aromatic rings. The number of pyridine rings is 1. The molecule has 0 radical (unpaired) electrons.